The molecule has 0 spiro atoms. The average Bonchev–Trinajstić information content (AvgIpc) is 2.73. The molecule has 0 bridgehead atoms. The van der Waals surface area contributed by atoms with Gasteiger partial charge in [-0.2, -0.15) is 0 Å². The number of nitrogens with one attached hydrogen (secondary N) is 1. The SMILES string of the molecule is CCN1c2cc(C(=O)NCc3ccccc3Br)ccc2C(=O)N2CCCCC21. The number of carbonyl (C=O) groups is 2. The van der Waals surface area contributed by atoms with Crippen LogP contribution in [0.4, 0.5) is 5.69 Å². The van der Waals surface area contributed by atoms with Crippen molar-refractivity contribution in [3.05, 3.63) is 63.6 Å². The summed E-state index contributed by atoms with van der Waals surface area (Å²) in [7, 11) is 0. The number of fused-ring (bicyclic) bond motifs is 2. The summed E-state index contributed by atoms with van der Waals surface area (Å²) in [5.74, 6) is -0.0438. The second kappa shape index (κ2) is 7.95. The lowest BCUT2D eigenvalue weighted by molar-refractivity contribution is 0.0582. The number of hydrogen-bond acceptors (Lipinski definition) is 3. The quantitative estimate of drug-likeness (QED) is 0.774. The number of halogens is 1. The largest absolute Gasteiger partial charge is 0.351 e. The van der Waals surface area contributed by atoms with E-state index in [0.29, 0.717) is 17.7 Å². The Balaban J connectivity index is 1.58. The van der Waals surface area contributed by atoms with Crippen LogP contribution in [0.5, 0.6) is 0 Å². The number of benzene rings is 2. The predicted octanol–water partition coefficient (Wildman–Crippen LogP) is 4.17. The fourth-order valence-electron chi connectivity index (χ4n) is 4.18. The summed E-state index contributed by atoms with van der Waals surface area (Å²) >= 11 is 3.51. The summed E-state index contributed by atoms with van der Waals surface area (Å²) in [5.41, 5.74) is 3.19. The highest BCUT2D eigenvalue weighted by molar-refractivity contribution is 9.10. The molecule has 28 heavy (non-hydrogen) atoms. The molecular formula is C22H24BrN3O2. The summed E-state index contributed by atoms with van der Waals surface area (Å²) in [6.45, 7) is 4.17. The van der Waals surface area contributed by atoms with Crippen molar-refractivity contribution in [2.24, 2.45) is 0 Å². The lowest BCUT2D eigenvalue weighted by Gasteiger charge is -2.47. The normalized spacial score (nSPS) is 18.5. The predicted molar refractivity (Wildman–Crippen MR) is 113 cm³/mol. The zero-order valence-corrected chi connectivity index (χ0v) is 17.5. The molecule has 1 N–H and O–H groups in total. The fraction of sp³-hybridized carbons (Fsp3) is 0.364. The van der Waals surface area contributed by atoms with Crippen molar-refractivity contribution in [3.8, 4) is 0 Å². The van der Waals surface area contributed by atoms with Crippen LogP contribution in [0.15, 0.2) is 46.9 Å². The Morgan fingerprint density at radius 3 is 2.82 bits per heavy atom. The molecule has 146 valence electrons. The third-order valence-electron chi connectivity index (χ3n) is 5.63. The lowest BCUT2D eigenvalue weighted by Crippen LogP contribution is -2.57. The highest BCUT2D eigenvalue weighted by Crippen LogP contribution is 2.35. The van der Waals surface area contributed by atoms with Gasteiger partial charge in [0.25, 0.3) is 11.8 Å². The van der Waals surface area contributed by atoms with E-state index in [2.05, 4.69) is 33.1 Å². The number of nitrogens with zero attached hydrogens (tertiary/aromatic N) is 2. The molecule has 1 atom stereocenters. The van der Waals surface area contributed by atoms with Crippen LogP contribution in [0.25, 0.3) is 0 Å². The first-order valence-corrected chi connectivity index (χ1v) is 10.6. The molecule has 2 amide bonds. The second-order valence-electron chi connectivity index (χ2n) is 7.27. The molecule has 2 aliphatic heterocycles. The monoisotopic (exact) mass is 441 g/mol. The molecule has 2 aliphatic rings. The van der Waals surface area contributed by atoms with Gasteiger partial charge in [-0.25, -0.2) is 0 Å². The number of rotatable bonds is 4. The van der Waals surface area contributed by atoms with Gasteiger partial charge in [-0.3, -0.25) is 9.59 Å². The van der Waals surface area contributed by atoms with Crippen molar-refractivity contribution in [2.45, 2.75) is 38.9 Å². The molecule has 5 nitrogen and oxygen atoms in total. The molecule has 4 rings (SSSR count). The molecule has 2 aromatic rings. The van der Waals surface area contributed by atoms with Crippen LogP contribution < -0.4 is 10.2 Å². The van der Waals surface area contributed by atoms with Gasteiger partial charge in [0.15, 0.2) is 0 Å². The average molecular weight is 442 g/mol. The summed E-state index contributed by atoms with van der Waals surface area (Å²) < 4.78 is 0.973. The summed E-state index contributed by atoms with van der Waals surface area (Å²) in [5, 5.41) is 2.98. The van der Waals surface area contributed by atoms with Gasteiger partial charge in [-0.1, -0.05) is 34.1 Å². The fourth-order valence-corrected chi connectivity index (χ4v) is 4.61. The van der Waals surface area contributed by atoms with E-state index in [4.69, 9.17) is 0 Å². The molecule has 0 saturated carbocycles. The molecule has 1 fully saturated rings. The topological polar surface area (TPSA) is 52.7 Å². The van der Waals surface area contributed by atoms with Gasteiger partial charge >= 0.3 is 0 Å². The minimum Gasteiger partial charge on any atom is -0.351 e. The number of piperidine rings is 1. The maximum Gasteiger partial charge on any atom is 0.257 e. The molecule has 1 unspecified atom stereocenters. The van der Waals surface area contributed by atoms with Gasteiger partial charge in [0.05, 0.1) is 11.3 Å². The van der Waals surface area contributed by atoms with Gasteiger partial charge < -0.3 is 15.1 Å². The first kappa shape index (κ1) is 19.0. The lowest BCUT2D eigenvalue weighted by atomic mass is 9.97. The highest BCUT2D eigenvalue weighted by atomic mass is 79.9. The van der Waals surface area contributed by atoms with Crippen molar-refractivity contribution in [3.63, 3.8) is 0 Å². The number of anilines is 1. The minimum atomic E-state index is -0.131. The molecule has 0 radical (unpaired) electrons. The van der Waals surface area contributed by atoms with E-state index in [-0.39, 0.29) is 18.0 Å². The first-order valence-electron chi connectivity index (χ1n) is 9.83. The van der Waals surface area contributed by atoms with Gasteiger partial charge in [-0.15, -0.1) is 0 Å². The molecule has 2 heterocycles. The Morgan fingerprint density at radius 1 is 1.21 bits per heavy atom. The molecule has 0 aromatic heterocycles. The van der Waals surface area contributed by atoms with Gasteiger partial charge in [0.2, 0.25) is 0 Å². The van der Waals surface area contributed by atoms with Crippen LogP contribution in [0.3, 0.4) is 0 Å². The van der Waals surface area contributed by atoms with Crippen molar-refractivity contribution in [1.82, 2.24) is 10.2 Å². The van der Waals surface area contributed by atoms with Crippen molar-refractivity contribution < 1.29 is 9.59 Å². The van der Waals surface area contributed by atoms with Crippen molar-refractivity contribution in [1.29, 1.82) is 0 Å². The highest BCUT2D eigenvalue weighted by Gasteiger charge is 2.38. The van der Waals surface area contributed by atoms with E-state index in [1.54, 1.807) is 12.1 Å². The van der Waals surface area contributed by atoms with E-state index in [1.807, 2.05) is 35.2 Å². The zero-order chi connectivity index (χ0) is 19.7. The second-order valence-corrected chi connectivity index (χ2v) is 8.12. The molecule has 1 saturated heterocycles. The van der Waals surface area contributed by atoms with Crippen LogP contribution in [0.2, 0.25) is 0 Å². The molecule has 2 aromatic carbocycles. The maximum absolute atomic E-state index is 12.9. The van der Waals surface area contributed by atoms with Crippen LogP contribution in [-0.4, -0.2) is 36.0 Å². The smallest absolute Gasteiger partial charge is 0.257 e. The Bertz CT molecular complexity index is 914. The maximum atomic E-state index is 12.9. The molecule has 0 aliphatic carbocycles. The van der Waals surface area contributed by atoms with Gasteiger partial charge in [-0.05, 0) is 56.0 Å². The van der Waals surface area contributed by atoms with Crippen LogP contribution in [0.1, 0.15) is 52.5 Å². The van der Waals surface area contributed by atoms with E-state index >= 15 is 0 Å². The Hall–Kier alpha value is -2.34. The molecule has 6 heteroatoms. The van der Waals surface area contributed by atoms with E-state index in [1.165, 1.54) is 0 Å². The third kappa shape index (κ3) is 3.41. The number of amides is 2. The Labute approximate surface area is 173 Å². The van der Waals surface area contributed by atoms with E-state index < -0.39 is 0 Å². The molecular weight excluding hydrogens is 418 g/mol. The number of hydrogen-bond donors (Lipinski definition) is 1. The Morgan fingerprint density at radius 2 is 2.04 bits per heavy atom. The first-order chi connectivity index (χ1) is 13.6. The van der Waals surface area contributed by atoms with E-state index in [9.17, 15) is 9.59 Å². The standard InChI is InChI=1S/C22H24BrN3O2/c1-2-25-19-13-15(21(27)24-14-16-7-3-4-8-18(16)23)10-11-17(19)22(28)26-12-6-5-9-20(25)26/h3-4,7-8,10-11,13,20H,2,5-6,9,12,14H2,1H3,(H,24,27). The third-order valence-corrected chi connectivity index (χ3v) is 6.40. The van der Waals surface area contributed by atoms with Gasteiger partial charge in [0, 0.05) is 29.7 Å². The van der Waals surface area contributed by atoms with Gasteiger partial charge in [0.1, 0.15) is 6.17 Å². The van der Waals surface area contributed by atoms with Crippen LogP contribution >= 0.6 is 15.9 Å². The van der Waals surface area contributed by atoms with Crippen molar-refractivity contribution >= 4 is 33.4 Å². The summed E-state index contributed by atoms with van der Waals surface area (Å²) in [4.78, 5) is 29.9. The minimum absolute atomic E-state index is 0.0876. The summed E-state index contributed by atoms with van der Waals surface area (Å²) in [6, 6.07) is 13.3. The van der Waals surface area contributed by atoms with Crippen LogP contribution in [0, 0.1) is 0 Å². The zero-order valence-electron chi connectivity index (χ0n) is 16.0. The Kier molecular flexibility index (Phi) is 5.40. The van der Waals surface area contributed by atoms with Crippen LogP contribution in [-0.2, 0) is 6.54 Å². The van der Waals surface area contributed by atoms with Crippen molar-refractivity contribution in [2.75, 3.05) is 18.0 Å². The summed E-state index contributed by atoms with van der Waals surface area (Å²) in [6.07, 6.45) is 3.28. The van der Waals surface area contributed by atoms with E-state index in [0.717, 1.165) is 48.1 Å². The number of carbonyl (C=O) groups excluding carboxylic acids is 2.